The molecule has 2 aromatic rings. The summed E-state index contributed by atoms with van der Waals surface area (Å²) in [6.45, 7) is 7.79. The van der Waals surface area contributed by atoms with Gasteiger partial charge in [-0.15, -0.1) is 11.3 Å². The van der Waals surface area contributed by atoms with Crippen molar-refractivity contribution < 1.29 is 9.53 Å². The van der Waals surface area contributed by atoms with Crippen molar-refractivity contribution in [2.24, 2.45) is 0 Å². The quantitative estimate of drug-likeness (QED) is 0.583. The van der Waals surface area contributed by atoms with Gasteiger partial charge in [-0.3, -0.25) is 4.79 Å². The Morgan fingerprint density at radius 3 is 2.96 bits per heavy atom. The number of carbonyl (C=O) groups is 1. The van der Waals surface area contributed by atoms with Crippen molar-refractivity contribution in [2.75, 3.05) is 12.4 Å². The number of hydrogen-bond acceptors (Lipinski definition) is 5. The summed E-state index contributed by atoms with van der Waals surface area (Å²) in [4.78, 5) is 17.0. The maximum atomic E-state index is 12.6. The first-order chi connectivity index (χ1) is 11.0. The highest BCUT2D eigenvalue weighted by Gasteiger charge is 2.21. The third-order valence-electron chi connectivity index (χ3n) is 4.21. The second-order valence-electron chi connectivity index (χ2n) is 6.00. The second kappa shape index (κ2) is 7.20. The number of ether oxygens (including phenoxy) is 1. The Labute approximate surface area is 145 Å². The number of aromatic nitrogens is 2. The summed E-state index contributed by atoms with van der Waals surface area (Å²) in [5.74, 6) is 0.617. The van der Waals surface area contributed by atoms with E-state index in [1.54, 1.807) is 11.3 Å². The number of thiazole rings is 1. The van der Waals surface area contributed by atoms with Gasteiger partial charge in [0.2, 0.25) is 0 Å². The lowest BCUT2D eigenvalue weighted by Gasteiger charge is -2.14. The van der Waals surface area contributed by atoms with E-state index in [1.165, 1.54) is 11.8 Å². The Morgan fingerprint density at radius 2 is 2.30 bits per heavy atom. The largest absolute Gasteiger partial charge is 0.376 e. The van der Waals surface area contributed by atoms with Crippen LogP contribution in [-0.2, 0) is 11.3 Å². The first-order valence-electron chi connectivity index (χ1n) is 7.91. The molecule has 1 fully saturated rings. The van der Waals surface area contributed by atoms with Gasteiger partial charge in [-0.05, 0) is 39.7 Å². The summed E-state index contributed by atoms with van der Waals surface area (Å²) in [5.41, 5.74) is 4.04. The first-order valence-corrected chi connectivity index (χ1v) is 9.77. The smallest absolute Gasteiger partial charge is 0.174 e. The van der Waals surface area contributed by atoms with Gasteiger partial charge in [-0.2, -0.15) is 0 Å². The number of thioether (sulfide) groups is 1. The van der Waals surface area contributed by atoms with E-state index in [0.29, 0.717) is 5.75 Å². The van der Waals surface area contributed by atoms with Crippen molar-refractivity contribution >= 4 is 28.9 Å². The Bertz CT molecular complexity index is 700. The van der Waals surface area contributed by atoms with Crippen LogP contribution in [0.4, 0.5) is 0 Å². The Hall–Kier alpha value is -1.11. The zero-order valence-electron chi connectivity index (χ0n) is 13.8. The minimum atomic E-state index is 0.176. The fourth-order valence-electron chi connectivity index (χ4n) is 2.96. The summed E-state index contributed by atoms with van der Waals surface area (Å²) in [5, 5.41) is 2.01. The van der Waals surface area contributed by atoms with Crippen LogP contribution in [0.1, 0.15) is 40.3 Å². The lowest BCUT2D eigenvalue weighted by molar-refractivity contribution is 0.0957. The van der Waals surface area contributed by atoms with Crippen LogP contribution in [0.15, 0.2) is 15.8 Å². The molecule has 1 atom stereocenters. The van der Waals surface area contributed by atoms with Crippen molar-refractivity contribution in [3.05, 3.63) is 34.1 Å². The lowest BCUT2D eigenvalue weighted by Crippen LogP contribution is -2.17. The van der Waals surface area contributed by atoms with Gasteiger partial charge < -0.3 is 9.30 Å². The summed E-state index contributed by atoms with van der Waals surface area (Å²) in [7, 11) is 0. The molecular formula is C17H22N2O2S2. The van der Waals surface area contributed by atoms with Gasteiger partial charge in [-0.1, -0.05) is 11.8 Å². The molecule has 3 heterocycles. The number of Topliss-reactive ketones (excluding diaryl/α,β-unsaturated/α-hetero) is 1. The van der Waals surface area contributed by atoms with Gasteiger partial charge in [0.1, 0.15) is 0 Å². The van der Waals surface area contributed by atoms with Crippen LogP contribution in [0.2, 0.25) is 0 Å². The van der Waals surface area contributed by atoms with Gasteiger partial charge >= 0.3 is 0 Å². The molecule has 1 aliphatic heterocycles. The van der Waals surface area contributed by atoms with E-state index in [-0.39, 0.29) is 11.9 Å². The Morgan fingerprint density at radius 1 is 1.48 bits per heavy atom. The van der Waals surface area contributed by atoms with Crippen LogP contribution in [0.5, 0.6) is 0 Å². The van der Waals surface area contributed by atoms with Crippen molar-refractivity contribution in [3.63, 3.8) is 0 Å². The zero-order valence-corrected chi connectivity index (χ0v) is 15.4. The van der Waals surface area contributed by atoms with Crippen LogP contribution in [0.25, 0.3) is 0 Å². The highest BCUT2D eigenvalue weighted by atomic mass is 32.2. The first kappa shape index (κ1) is 16.7. The number of aryl methyl sites for hydroxylation is 2. The number of rotatable bonds is 6. The van der Waals surface area contributed by atoms with Crippen LogP contribution in [0, 0.1) is 20.8 Å². The molecule has 0 saturated carbocycles. The monoisotopic (exact) mass is 350 g/mol. The normalized spacial score (nSPS) is 17.8. The molecule has 6 heteroatoms. The van der Waals surface area contributed by atoms with Crippen molar-refractivity contribution in [1.82, 2.24) is 9.55 Å². The molecule has 0 aliphatic carbocycles. The molecule has 0 bridgehead atoms. The summed E-state index contributed by atoms with van der Waals surface area (Å²) in [6.07, 6.45) is 2.54. The molecule has 1 aliphatic rings. The van der Waals surface area contributed by atoms with Gasteiger partial charge in [0, 0.05) is 41.2 Å². The van der Waals surface area contributed by atoms with Crippen molar-refractivity contribution in [2.45, 2.75) is 50.6 Å². The second-order valence-corrected chi connectivity index (χ2v) is 8.08. The summed E-state index contributed by atoms with van der Waals surface area (Å²) >= 11 is 3.12. The van der Waals surface area contributed by atoms with Crippen LogP contribution in [-0.4, -0.2) is 33.8 Å². The highest BCUT2D eigenvalue weighted by molar-refractivity contribution is 8.01. The average molecular weight is 351 g/mol. The van der Waals surface area contributed by atoms with Gasteiger partial charge in [0.25, 0.3) is 0 Å². The Kier molecular flexibility index (Phi) is 5.24. The van der Waals surface area contributed by atoms with E-state index in [1.807, 2.05) is 25.3 Å². The minimum absolute atomic E-state index is 0.176. The molecule has 3 rings (SSSR count). The number of hydrogen-bond donors (Lipinski definition) is 0. The summed E-state index contributed by atoms with van der Waals surface area (Å²) in [6, 6.07) is 2.01. The molecule has 2 aromatic heterocycles. The molecular weight excluding hydrogens is 328 g/mol. The topological polar surface area (TPSA) is 44.1 Å². The number of carbonyl (C=O) groups excluding carboxylic acids is 1. The molecule has 0 spiro atoms. The maximum absolute atomic E-state index is 12.6. The lowest BCUT2D eigenvalue weighted by atomic mass is 10.2. The number of nitrogens with zero attached hydrogens (tertiary/aromatic N) is 2. The van der Waals surface area contributed by atoms with Crippen LogP contribution < -0.4 is 0 Å². The molecule has 23 heavy (non-hydrogen) atoms. The molecule has 0 N–H and O–H groups in total. The number of ketones is 1. The molecule has 1 saturated heterocycles. The fourth-order valence-corrected chi connectivity index (χ4v) is 4.69. The van der Waals surface area contributed by atoms with E-state index in [0.717, 1.165) is 53.0 Å². The van der Waals surface area contributed by atoms with Crippen LogP contribution >= 0.6 is 23.1 Å². The molecule has 4 nitrogen and oxygen atoms in total. The zero-order chi connectivity index (χ0) is 16.4. The third kappa shape index (κ3) is 3.87. The Balaban J connectivity index is 1.68. The molecule has 0 amide bonds. The molecule has 0 radical (unpaired) electrons. The van der Waals surface area contributed by atoms with E-state index in [2.05, 4.69) is 16.5 Å². The minimum Gasteiger partial charge on any atom is -0.376 e. The van der Waals surface area contributed by atoms with E-state index < -0.39 is 0 Å². The predicted octanol–water partition coefficient (Wildman–Crippen LogP) is 4.02. The van der Waals surface area contributed by atoms with Crippen molar-refractivity contribution in [3.8, 4) is 0 Å². The van der Waals surface area contributed by atoms with Gasteiger partial charge in [-0.25, -0.2) is 4.98 Å². The third-order valence-corrected chi connectivity index (χ3v) is 6.35. The van der Waals surface area contributed by atoms with Crippen molar-refractivity contribution in [1.29, 1.82) is 0 Å². The van der Waals surface area contributed by atoms with E-state index in [4.69, 9.17) is 4.74 Å². The van der Waals surface area contributed by atoms with E-state index in [9.17, 15) is 4.79 Å². The molecule has 0 aromatic carbocycles. The standard InChI is InChI=1S/C17H22N2O2S2/c1-11-9-22-17(18-11)23-10-16(20)15-7-12(2)19(13(15)3)8-14-5-4-6-21-14/h7,9,14H,4-6,8,10H2,1-3H3/t14-/m1/s1. The fraction of sp³-hybridized carbons (Fsp3) is 0.529. The molecule has 124 valence electrons. The maximum Gasteiger partial charge on any atom is 0.174 e. The summed E-state index contributed by atoms with van der Waals surface area (Å²) < 4.78 is 8.91. The van der Waals surface area contributed by atoms with E-state index >= 15 is 0 Å². The van der Waals surface area contributed by atoms with Crippen LogP contribution in [0.3, 0.4) is 0 Å². The average Bonchev–Trinajstić information content (AvgIpc) is 3.23. The highest BCUT2D eigenvalue weighted by Crippen LogP contribution is 2.25. The van der Waals surface area contributed by atoms with Gasteiger partial charge in [0.15, 0.2) is 10.1 Å². The predicted molar refractivity (Wildman–Crippen MR) is 94.8 cm³/mol. The SMILES string of the molecule is Cc1csc(SCC(=O)c2cc(C)n(C[C@H]3CCCO3)c2C)n1. The molecule has 0 unspecified atom stereocenters. The van der Waals surface area contributed by atoms with Gasteiger partial charge in [0.05, 0.1) is 11.9 Å².